The molecule has 1 N–H and O–H groups in total. The van der Waals surface area contributed by atoms with Gasteiger partial charge < -0.3 is 5.11 Å². The largest absolute Gasteiger partial charge is 0.513 e. The van der Waals surface area contributed by atoms with Crippen molar-refractivity contribution in [1.29, 1.82) is 0 Å². The first kappa shape index (κ1) is 9.05. The van der Waals surface area contributed by atoms with E-state index in [1.807, 2.05) is 0 Å². The average Bonchev–Trinajstić information content (AvgIpc) is 2.21. The average molecular weight is 178 g/mol. The second-order valence-electron chi connectivity index (χ2n) is 2.18. The van der Waals surface area contributed by atoms with Crippen LogP contribution in [0.2, 0.25) is 0 Å². The third-order valence-corrected chi connectivity index (χ3v) is 1.38. The number of pyridine rings is 1. The van der Waals surface area contributed by atoms with Gasteiger partial charge in [0, 0.05) is 18.0 Å². The van der Waals surface area contributed by atoms with E-state index in [1.165, 1.54) is 18.5 Å². The van der Waals surface area contributed by atoms with Crippen molar-refractivity contribution in [2.24, 2.45) is 5.18 Å². The number of nitrogens with zero attached hydrogens (tertiary/aromatic N) is 2. The summed E-state index contributed by atoms with van der Waals surface area (Å²) < 4.78 is 0. The van der Waals surface area contributed by atoms with Crippen LogP contribution in [-0.2, 0) is 0 Å². The lowest BCUT2D eigenvalue weighted by molar-refractivity contribution is 0.103. The van der Waals surface area contributed by atoms with Crippen LogP contribution in [0.4, 0.5) is 0 Å². The zero-order valence-corrected chi connectivity index (χ0v) is 6.54. The summed E-state index contributed by atoms with van der Waals surface area (Å²) in [5, 5.41) is 10.8. The van der Waals surface area contributed by atoms with Crippen LogP contribution in [0, 0.1) is 4.91 Å². The number of carbonyl (C=O) groups excluding carboxylic acids is 1. The summed E-state index contributed by atoms with van der Waals surface area (Å²) in [7, 11) is 0. The minimum absolute atomic E-state index is 0.211. The molecular weight excluding hydrogens is 172 g/mol. The smallest absolute Gasteiger partial charge is 0.219 e. The Labute approximate surface area is 73.7 Å². The van der Waals surface area contributed by atoms with Crippen molar-refractivity contribution < 1.29 is 9.90 Å². The molecule has 0 aliphatic rings. The maximum atomic E-state index is 11.2. The molecule has 1 heterocycles. The van der Waals surface area contributed by atoms with Crippen LogP contribution in [0.1, 0.15) is 10.4 Å². The molecule has 0 saturated heterocycles. The van der Waals surface area contributed by atoms with E-state index in [0.29, 0.717) is 6.26 Å². The molecule has 5 heteroatoms. The van der Waals surface area contributed by atoms with Crippen LogP contribution in [-0.4, -0.2) is 15.9 Å². The molecule has 1 rings (SSSR count). The third kappa shape index (κ3) is 1.96. The van der Waals surface area contributed by atoms with Crippen molar-refractivity contribution in [3.63, 3.8) is 0 Å². The summed E-state index contributed by atoms with van der Waals surface area (Å²) in [5.41, 5.74) is -0.324. The Balaban J connectivity index is 2.98. The van der Waals surface area contributed by atoms with E-state index in [0.717, 1.165) is 0 Å². The lowest BCUT2D eigenvalue weighted by atomic mass is 10.1. The molecule has 0 fully saturated rings. The SMILES string of the molecule is O=NC(=CO)C(=O)c1cccnc1. The second kappa shape index (κ2) is 4.10. The maximum absolute atomic E-state index is 11.2. The highest BCUT2D eigenvalue weighted by atomic mass is 16.3. The number of Topliss-reactive ketones (excluding diaryl/α,β-unsaturated/α-hetero) is 1. The Morgan fingerprint density at radius 1 is 1.62 bits per heavy atom. The highest BCUT2D eigenvalue weighted by Crippen LogP contribution is 2.06. The first-order valence-electron chi connectivity index (χ1n) is 3.42. The number of ketones is 1. The molecule has 0 spiro atoms. The van der Waals surface area contributed by atoms with Crippen LogP contribution < -0.4 is 0 Å². The van der Waals surface area contributed by atoms with Crippen molar-refractivity contribution >= 4 is 5.78 Å². The fourth-order valence-corrected chi connectivity index (χ4v) is 0.769. The topological polar surface area (TPSA) is 79.6 Å². The number of aromatic nitrogens is 1. The molecule has 0 amide bonds. The van der Waals surface area contributed by atoms with E-state index in [4.69, 9.17) is 5.11 Å². The molecule has 66 valence electrons. The van der Waals surface area contributed by atoms with E-state index in [-0.39, 0.29) is 5.56 Å². The number of rotatable bonds is 3. The van der Waals surface area contributed by atoms with Crippen molar-refractivity contribution in [3.05, 3.63) is 47.0 Å². The second-order valence-corrected chi connectivity index (χ2v) is 2.18. The van der Waals surface area contributed by atoms with Gasteiger partial charge in [-0.25, -0.2) is 0 Å². The molecule has 0 unspecified atom stereocenters. The van der Waals surface area contributed by atoms with Gasteiger partial charge in [-0.2, -0.15) is 0 Å². The summed E-state index contributed by atoms with van der Waals surface area (Å²) in [6, 6.07) is 3.02. The summed E-state index contributed by atoms with van der Waals surface area (Å²) >= 11 is 0. The molecular formula is C8H6N2O3. The van der Waals surface area contributed by atoms with Crippen LogP contribution in [0.3, 0.4) is 0 Å². The van der Waals surface area contributed by atoms with Gasteiger partial charge in [0.25, 0.3) is 0 Å². The molecule has 0 aliphatic carbocycles. The molecule has 13 heavy (non-hydrogen) atoms. The zero-order chi connectivity index (χ0) is 9.68. The summed E-state index contributed by atoms with van der Waals surface area (Å²) in [5.74, 6) is -0.648. The van der Waals surface area contributed by atoms with Gasteiger partial charge in [-0.05, 0) is 17.3 Å². The predicted octanol–water partition coefficient (Wildman–Crippen LogP) is 1.43. The summed E-state index contributed by atoms with van der Waals surface area (Å²) in [4.78, 5) is 25.0. The van der Waals surface area contributed by atoms with Gasteiger partial charge in [-0.3, -0.25) is 9.78 Å². The Hall–Kier alpha value is -2.04. The summed E-state index contributed by atoms with van der Waals surface area (Å²) in [6.45, 7) is 0. The molecule has 0 aromatic carbocycles. The van der Waals surface area contributed by atoms with E-state index >= 15 is 0 Å². The van der Waals surface area contributed by atoms with Crippen LogP contribution in [0.5, 0.6) is 0 Å². The van der Waals surface area contributed by atoms with Gasteiger partial charge in [0.05, 0.1) is 0 Å². The van der Waals surface area contributed by atoms with Crippen molar-refractivity contribution in [2.45, 2.75) is 0 Å². The summed E-state index contributed by atoms with van der Waals surface area (Å²) in [6.07, 6.45) is 3.16. The standard InChI is InChI=1S/C8H6N2O3/c11-5-7(10-13)8(12)6-2-1-3-9-4-6/h1-5,11H. The zero-order valence-electron chi connectivity index (χ0n) is 6.54. The Morgan fingerprint density at radius 2 is 2.38 bits per heavy atom. The van der Waals surface area contributed by atoms with E-state index in [9.17, 15) is 9.70 Å². The van der Waals surface area contributed by atoms with Crippen molar-refractivity contribution in [3.8, 4) is 0 Å². The number of allylic oxidation sites excluding steroid dienone is 1. The highest BCUT2D eigenvalue weighted by Gasteiger charge is 2.12. The van der Waals surface area contributed by atoms with Gasteiger partial charge in [-0.15, -0.1) is 4.91 Å². The number of carbonyl (C=O) groups is 1. The number of hydrogen-bond donors (Lipinski definition) is 1. The van der Waals surface area contributed by atoms with E-state index < -0.39 is 11.5 Å². The number of hydrogen-bond acceptors (Lipinski definition) is 5. The molecule has 0 atom stereocenters. The van der Waals surface area contributed by atoms with E-state index in [2.05, 4.69) is 10.2 Å². The van der Waals surface area contributed by atoms with Gasteiger partial charge in [-0.1, -0.05) is 0 Å². The van der Waals surface area contributed by atoms with Gasteiger partial charge in [0.1, 0.15) is 6.26 Å². The normalized spacial score (nSPS) is 10.9. The molecule has 0 bridgehead atoms. The lowest BCUT2D eigenvalue weighted by Gasteiger charge is -1.95. The Bertz CT molecular complexity index is 346. The third-order valence-electron chi connectivity index (χ3n) is 1.38. The molecule has 1 aromatic rings. The van der Waals surface area contributed by atoms with Gasteiger partial charge in [0.15, 0.2) is 5.70 Å². The van der Waals surface area contributed by atoms with Crippen molar-refractivity contribution in [1.82, 2.24) is 4.98 Å². The first-order chi connectivity index (χ1) is 6.29. The monoisotopic (exact) mass is 178 g/mol. The quantitative estimate of drug-likeness (QED) is 0.328. The van der Waals surface area contributed by atoms with Crippen LogP contribution in [0.25, 0.3) is 0 Å². The lowest BCUT2D eigenvalue weighted by Crippen LogP contribution is -2.01. The highest BCUT2D eigenvalue weighted by molar-refractivity contribution is 6.07. The number of nitroso groups, excluding NO2 is 1. The minimum Gasteiger partial charge on any atom is -0.513 e. The number of aliphatic hydroxyl groups is 1. The van der Waals surface area contributed by atoms with E-state index in [1.54, 1.807) is 6.07 Å². The maximum Gasteiger partial charge on any atom is 0.219 e. The van der Waals surface area contributed by atoms with Crippen LogP contribution >= 0.6 is 0 Å². The van der Waals surface area contributed by atoms with Crippen LogP contribution in [0.15, 0.2) is 41.7 Å². The van der Waals surface area contributed by atoms with Gasteiger partial charge in [0.2, 0.25) is 5.78 Å². The first-order valence-corrected chi connectivity index (χ1v) is 3.42. The molecule has 1 aromatic heterocycles. The fourth-order valence-electron chi connectivity index (χ4n) is 0.769. The minimum atomic E-state index is -0.648. The van der Waals surface area contributed by atoms with Gasteiger partial charge >= 0.3 is 0 Å². The Morgan fingerprint density at radius 3 is 2.85 bits per heavy atom. The molecule has 0 aliphatic heterocycles. The van der Waals surface area contributed by atoms with Crippen molar-refractivity contribution in [2.75, 3.05) is 0 Å². The predicted molar refractivity (Wildman–Crippen MR) is 45.1 cm³/mol. The number of aliphatic hydroxyl groups excluding tert-OH is 1. The Kier molecular flexibility index (Phi) is 2.86. The fraction of sp³-hybridized carbons (Fsp3) is 0. The molecule has 0 saturated carbocycles. The molecule has 5 nitrogen and oxygen atoms in total. The molecule has 0 radical (unpaired) electrons.